The lowest BCUT2D eigenvalue weighted by atomic mass is 9.77. The average molecular weight is 415 g/mol. The van der Waals surface area contributed by atoms with Crippen LogP contribution in [-0.4, -0.2) is 8.32 Å². The van der Waals surface area contributed by atoms with Gasteiger partial charge in [0.05, 0.1) is 0 Å². The average Bonchev–Trinajstić information content (AvgIpc) is 3.39. The van der Waals surface area contributed by atoms with Crippen LogP contribution in [0.3, 0.4) is 0 Å². The van der Waals surface area contributed by atoms with Crippen molar-refractivity contribution in [1.82, 2.24) is 0 Å². The molecule has 0 radical (unpaired) electrons. The first-order chi connectivity index (χ1) is 11.8. The van der Waals surface area contributed by atoms with Crippen molar-refractivity contribution in [2.45, 2.75) is 44.8 Å². The van der Waals surface area contributed by atoms with Gasteiger partial charge in [-0.15, -0.1) is 0 Å². The molecule has 1 nitrogen and oxygen atoms in total. The van der Waals surface area contributed by atoms with Crippen molar-refractivity contribution >= 4 is 30.0 Å². The van der Waals surface area contributed by atoms with Crippen LogP contribution in [0, 0.1) is 5.92 Å². The maximum atomic E-state index is 6.53. The first kappa shape index (κ1) is 18.5. The van der Waals surface area contributed by atoms with Crippen LogP contribution in [-0.2, 0) is 9.84 Å². The Labute approximate surface area is 161 Å². The SMILES string of the molecule is CC(C=C(O[Si](C)(C)C)c1ccccc1)(c1ccc(Br)cc1)C1CC1. The molecule has 0 aromatic heterocycles. The molecule has 0 amide bonds. The summed E-state index contributed by atoms with van der Waals surface area (Å²) in [5.74, 6) is 1.73. The summed E-state index contributed by atoms with van der Waals surface area (Å²) in [7, 11) is -1.70. The van der Waals surface area contributed by atoms with Crippen LogP contribution < -0.4 is 0 Å². The predicted octanol–water partition coefficient (Wildman–Crippen LogP) is 7.01. The fraction of sp³-hybridized carbons (Fsp3) is 0.364. The number of rotatable bonds is 6. The molecule has 1 atom stereocenters. The van der Waals surface area contributed by atoms with E-state index in [2.05, 4.69) is 103 Å². The van der Waals surface area contributed by atoms with Gasteiger partial charge in [0.1, 0.15) is 5.76 Å². The summed E-state index contributed by atoms with van der Waals surface area (Å²) in [5, 5.41) is 0. The van der Waals surface area contributed by atoms with E-state index in [1.807, 2.05) is 0 Å². The van der Waals surface area contributed by atoms with Gasteiger partial charge in [-0.3, -0.25) is 0 Å². The van der Waals surface area contributed by atoms with Gasteiger partial charge >= 0.3 is 0 Å². The molecule has 25 heavy (non-hydrogen) atoms. The zero-order chi connectivity index (χ0) is 18.1. The normalized spacial score (nSPS) is 17.9. The second-order valence-corrected chi connectivity index (χ2v) is 13.5. The summed E-state index contributed by atoms with van der Waals surface area (Å²) in [4.78, 5) is 0. The lowest BCUT2D eigenvalue weighted by molar-refractivity contribution is 0.475. The Morgan fingerprint density at radius 1 is 1.04 bits per heavy atom. The first-order valence-corrected chi connectivity index (χ1v) is 13.2. The molecule has 0 spiro atoms. The summed E-state index contributed by atoms with van der Waals surface area (Å²) in [5.41, 5.74) is 2.55. The third kappa shape index (κ3) is 4.65. The number of allylic oxidation sites excluding steroid dienone is 1. The highest BCUT2D eigenvalue weighted by Crippen LogP contribution is 2.49. The summed E-state index contributed by atoms with van der Waals surface area (Å²) < 4.78 is 7.66. The molecule has 1 unspecified atom stereocenters. The quantitative estimate of drug-likeness (QED) is 0.364. The minimum absolute atomic E-state index is 0.00548. The molecule has 132 valence electrons. The van der Waals surface area contributed by atoms with Crippen molar-refractivity contribution in [3.8, 4) is 0 Å². The molecule has 0 aliphatic heterocycles. The van der Waals surface area contributed by atoms with Crippen LogP contribution in [0.1, 0.15) is 30.9 Å². The largest absolute Gasteiger partial charge is 0.544 e. The molecule has 1 saturated carbocycles. The highest BCUT2D eigenvalue weighted by molar-refractivity contribution is 9.10. The maximum Gasteiger partial charge on any atom is 0.242 e. The standard InChI is InChI=1S/C22H27BrOSi/c1-22(18-10-11-18,19-12-14-20(23)15-13-19)16-21(24-25(2,3)4)17-8-6-5-7-9-17/h5-9,12-16,18H,10-11H2,1-4H3. The fourth-order valence-corrected chi connectivity index (χ4v) is 4.41. The van der Waals surface area contributed by atoms with Crippen molar-refractivity contribution < 1.29 is 4.43 Å². The molecule has 1 aliphatic carbocycles. The second-order valence-electron chi connectivity index (χ2n) is 8.15. The topological polar surface area (TPSA) is 9.23 Å². The lowest BCUT2D eigenvalue weighted by Crippen LogP contribution is -2.27. The van der Waals surface area contributed by atoms with Crippen LogP contribution in [0.15, 0.2) is 65.1 Å². The highest BCUT2D eigenvalue weighted by atomic mass is 79.9. The number of hydrogen-bond acceptors (Lipinski definition) is 1. The Hall–Kier alpha value is -1.32. The lowest BCUT2D eigenvalue weighted by Gasteiger charge is -2.30. The highest BCUT2D eigenvalue weighted by Gasteiger charge is 2.42. The van der Waals surface area contributed by atoms with Crippen molar-refractivity contribution in [2.24, 2.45) is 5.92 Å². The molecule has 3 rings (SSSR count). The van der Waals surface area contributed by atoms with Crippen LogP contribution in [0.2, 0.25) is 19.6 Å². The Balaban J connectivity index is 2.07. The van der Waals surface area contributed by atoms with E-state index in [4.69, 9.17) is 4.43 Å². The summed E-state index contributed by atoms with van der Waals surface area (Å²) in [6.45, 7) is 9.11. The van der Waals surface area contributed by atoms with E-state index in [9.17, 15) is 0 Å². The number of benzene rings is 2. The van der Waals surface area contributed by atoms with Gasteiger partial charge in [-0.1, -0.05) is 65.3 Å². The third-order valence-corrected chi connectivity index (χ3v) is 6.16. The van der Waals surface area contributed by atoms with Gasteiger partial charge in [0.15, 0.2) is 0 Å². The van der Waals surface area contributed by atoms with E-state index in [1.165, 1.54) is 24.0 Å². The molecule has 1 fully saturated rings. The van der Waals surface area contributed by atoms with Crippen LogP contribution >= 0.6 is 15.9 Å². The van der Waals surface area contributed by atoms with Gasteiger partial charge < -0.3 is 4.43 Å². The zero-order valence-corrected chi connectivity index (χ0v) is 18.1. The van der Waals surface area contributed by atoms with E-state index in [-0.39, 0.29) is 5.41 Å². The summed E-state index contributed by atoms with van der Waals surface area (Å²) >= 11 is 3.56. The zero-order valence-electron chi connectivity index (χ0n) is 15.6. The minimum atomic E-state index is -1.70. The molecule has 0 N–H and O–H groups in total. The maximum absolute atomic E-state index is 6.53. The molecule has 0 bridgehead atoms. The Morgan fingerprint density at radius 3 is 2.16 bits per heavy atom. The predicted molar refractivity (Wildman–Crippen MR) is 113 cm³/mol. The third-order valence-electron chi connectivity index (χ3n) is 4.80. The Bertz CT molecular complexity index is 742. The monoisotopic (exact) mass is 414 g/mol. The molecule has 3 heteroatoms. The van der Waals surface area contributed by atoms with Crippen LogP contribution in [0.4, 0.5) is 0 Å². The van der Waals surface area contributed by atoms with E-state index in [0.717, 1.165) is 10.2 Å². The van der Waals surface area contributed by atoms with Gasteiger partial charge in [0.2, 0.25) is 8.32 Å². The van der Waals surface area contributed by atoms with Crippen molar-refractivity contribution in [2.75, 3.05) is 0 Å². The number of halogens is 1. The molecule has 2 aromatic carbocycles. The van der Waals surface area contributed by atoms with E-state index in [0.29, 0.717) is 5.92 Å². The summed E-state index contributed by atoms with van der Waals surface area (Å²) in [6.07, 6.45) is 4.97. The molecular formula is C22H27BrOSi. The van der Waals surface area contributed by atoms with Gasteiger partial charge in [-0.25, -0.2) is 0 Å². The smallest absolute Gasteiger partial charge is 0.242 e. The van der Waals surface area contributed by atoms with Gasteiger partial charge in [-0.2, -0.15) is 0 Å². The van der Waals surface area contributed by atoms with Crippen LogP contribution in [0.5, 0.6) is 0 Å². The Morgan fingerprint density at radius 2 is 1.64 bits per heavy atom. The summed E-state index contributed by atoms with van der Waals surface area (Å²) in [6, 6.07) is 19.3. The van der Waals surface area contributed by atoms with Gasteiger partial charge in [0.25, 0.3) is 0 Å². The molecule has 0 saturated heterocycles. The van der Waals surface area contributed by atoms with E-state index in [1.54, 1.807) is 0 Å². The molecule has 0 heterocycles. The molecule has 2 aromatic rings. The van der Waals surface area contributed by atoms with Gasteiger partial charge in [0, 0.05) is 15.5 Å². The Kier molecular flexibility index (Phi) is 5.26. The second kappa shape index (κ2) is 7.12. The first-order valence-electron chi connectivity index (χ1n) is 9.01. The van der Waals surface area contributed by atoms with E-state index < -0.39 is 8.32 Å². The molecular weight excluding hydrogens is 388 g/mol. The van der Waals surface area contributed by atoms with Crippen molar-refractivity contribution in [1.29, 1.82) is 0 Å². The number of hydrogen-bond donors (Lipinski definition) is 0. The van der Waals surface area contributed by atoms with Crippen molar-refractivity contribution in [3.05, 3.63) is 76.3 Å². The van der Waals surface area contributed by atoms with Crippen molar-refractivity contribution in [3.63, 3.8) is 0 Å². The fourth-order valence-electron chi connectivity index (χ4n) is 3.31. The minimum Gasteiger partial charge on any atom is -0.544 e. The van der Waals surface area contributed by atoms with E-state index >= 15 is 0 Å². The van der Waals surface area contributed by atoms with Crippen LogP contribution in [0.25, 0.3) is 5.76 Å². The van der Waals surface area contributed by atoms with Gasteiger partial charge in [-0.05, 0) is 62.2 Å². The molecule has 1 aliphatic rings.